The number of anilines is 1. The van der Waals surface area contributed by atoms with Crippen LogP contribution in [0.5, 0.6) is 11.5 Å². The standard InChI is InChI=1S/C22H28N2O3/c1-4-27-22-15-18(5-10-21(22)26-3)16-23-11-13-24(14-12-23)20-8-6-19(7-9-20)17(2)25/h5-10,15H,4,11-14,16H2,1-3H3/p+1. The van der Waals surface area contributed by atoms with Gasteiger partial charge in [0, 0.05) is 16.8 Å². The number of benzene rings is 2. The summed E-state index contributed by atoms with van der Waals surface area (Å²) in [6.45, 7) is 9.42. The lowest BCUT2D eigenvalue weighted by atomic mass is 10.1. The molecule has 0 spiro atoms. The summed E-state index contributed by atoms with van der Waals surface area (Å²) < 4.78 is 11.1. The topological polar surface area (TPSA) is 43.2 Å². The van der Waals surface area contributed by atoms with E-state index in [1.54, 1.807) is 18.9 Å². The second-order valence-corrected chi connectivity index (χ2v) is 6.94. The zero-order valence-corrected chi connectivity index (χ0v) is 16.5. The van der Waals surface area contributed by atoms with Crippen molar-refractivity contribution in [2.75, 3.05) is 44.8 Å². The van der Waals surface area contributed by atoms with E-state index in [1.807, 2.05) is 25.1 Å². The van der Waals surface area contributed by atoms with E-state index in [0.717, 1.165) is 49.8 Å². The first-order valence-electron chi connectivity index (χ1n) is 9.60. The Bertz CT molecular complexity index is 766. The Kier molecular flexibility index (Phi) is 6.35. The number of rotatable bonds is 7. The van der Waals surface area contributed by atoms with E-state index >= 15 is 0 Å². The highest BCUT2D eigenvalue weighted by atomic mass is 16.5. The van der Waals surface area contributed by atoms with Crippen LogP contribution in [0, 0.1) is 0 Å². The Morgan fingerprint density at radius 1 is 1.07 bits per heavy atom. The third kappa shape index (κ3) is 4.80. The number of methoxy groups -OCH3 is 1. The molecule has 0 radical (unpaired) electrons. The second kappa shape index (κ2) is 8.91. The molecule has 0 unspecified atom stereocenters. The van der Waals surface area contributed by atoms with E-state index < -0.39 is 0 Å². The average Bonchev–Trinajstić information content (AvgIpc) is 2.69. The van der Waals surface area contributed by atoms with Crippen LogP contribution in [0.1, 0.15) is 29.8 Å². The number of piperazine rings is 1. The molecule has 1 aliphatic rings. The van der Waals surface area contributed by atoms with Crippen molar-refractivity contribution >= 4 is 11.5 Å². The van der Waals surface area contributed by atoms with Crippen LogP contribution in [0.15, 0.2) is 42.5 Å². The molecule has 5 nitrogen and oxygen atoms in total. The molecule has 0 bridgehead atoms. The molecule has 1 heterocycles. The van der Waals surface area contributed by atoms with E-state index in [-0.39, 0.29) is 5.78 Å². The molecule has 144 valence electrons. The maximum atomic E-state index is 11.4. The van der Waals surface area contributed by atoms with Crippen molar-refractivity contribution in [2.24, 2.45) is 0 Å². The number of hydrogen-bond acceptors (Lipinski definition) is 4. The van der Waals surface area contributed by atoms with Gasteiger partial charge in [0.25, 0.3) is 0 Å². The number of quaternary nitrogens is 1. The van der Waals surface area contributed by atoms with Gasteiger partial charge in [0.05, 0.1) is 39.9 Å². The lowest BCUT2D eigenvalue weighted by Crippen LogP contribution is -3.13. The molecule has 3 rings (SSSR count). The van der Waals surface area contributed by atoms with Gasteiger partial charge in [-0.05, 0) is 56.3 Å². The monoisotopic (exact) mass is 369 g/mol. The smallest absolute Gasteiger partial charge is 0.161 e. The molecule has 2 aromatic carbocycles. The molecule has 0 saturated carbocycles. The van der Waals surface area contributed by atoms with Gasteiger partial charge in [-0.2, -0.15) is 0 Å². The summed E-state index contributed by atoms with van der Waals surface area (Å²) in [6, 6.07) is 14.2. The van der Waals surface area contributed by atoms with Crippen LogP contribution >= 0.6 is 0 Å². The summed E-state index contributed by atoms with van der Waals surface area (Å²) in [6.07, 6.45) is 0. The number of carbonyl (C=O) groups is 1. The third-order valence-corrected chi connectivity index (χ3v) is 5.09. The largest absolute Gasteiger partial charge is 0.493 e. The van der Waals surface area contributed by atoms with Gasteiger partial charge in [0.15, 0.2) is 17.3 Å². The molecule has 0 aromatic heterocycles. The van der Waals surface area contributed by atoms with Crippen LogP contribution in [0.3, 0.4) is 0 Å². The van der Waals surface area contributed by atoms with Crippen LogP contribution in [0.25, 0.3) is 0 Å². The molecule has 0 atom stereocenters. The van der Waals surface area contributed by atoms with E-state index in [2.05, 4.69) is 29.2 Å². The minimum Gasteiger partial charge on any atom is -0.493 e. The molecule has 1 aliphatic heterocycles. The minimum atomic E-state index is 0.113. The fourth-order valence-electron chi connectivity index (χ4n) is 3.55. The van der Waals surface area contributed by atoms with Crippen molar-refractivity contribution < 1.29 is 19.2 Å². The summed E-state index contributed by atoms with van der Waals surface area (Å²) >= 11 is 0. The number of ether oxygens (including phenoxy) is 2. The highest BCUT2D eigenvalue weighted by Gasteiger charge is 2.21. The predicted octanol–water partition coefficient (Wildman–Crippen LogP) is 2.20. The number of nitrogens with one attached hydrogen (secondary N) is 1. The van der Waals surface area contributed by atoms with E-state index in [1.165, 1.54) is 11.3 Å². The first-order chi connectivity index (χ1) is 13.1. The maximum absolute atomic E-state index is 11.4. The summed E-state index contributed by atoms with van der Waals surface area (Å²) in [4.78, 5) is 15.4. The van der Waals surface area contributed by atoms with Gasteiger partial charge in [-0.1, -0.05) is 0 Å². The van der Waals surface area contributed by atoms with Crippen molar-refractivity contribution in [1.29, 1.82) is 0 Å². The van der Waals surface area contributed by atoms with Crippen LogP contribution in [-0.4, -0.2) is 45.7 Å². The molecule has 1 N–H and O–H groups in total. The molecule has 27 heavy (non-hydrogen) atoms. The van der Waals surface area contributed by atoms with Crippen LogP contribution < -0.4 is 19.3 Å². The van der Waals surface area contributed by atoms with E-state index in [0.29, 0.717) is 6.61 Å². The Hall–Kier alpha value is -2.53. The number of Topliss-reactive ketones (excluding diaryl/α,β-unsaturated/α-hetero) is 1. The summed E-state index contributed by atoms with van der Waals surface area (Å²) in [7, 11) is 1.67. The van der Waals surface area contributed by atoms with Gasteiger partial charge >= 0.3 is 0 Å². The Balaban J connectivity index is 1.58. The SMILES string of the molecule is CCOc1cc(C[NH+]2CCN(c3ccc(C(C)=O)cc3)CC2)ccc1OC. The third-order valence-electron chi connectivity index (χ3n) is 5.09. The molecule has 0 amide bonds. The first kappa shape index (κ1) is 19.2. The van der Waals surface area contributed by atoms with Crippen LogP contribution in [0.4, 0.5) is 5.69 Å². The number of ketones is 1. The quantitative estimate of drug-likeness (QED) is 0.760. The molecule has 1 saturated heterocycles. The maximum Gasteiger partial charge on any atom is 0.161 e. The van der Waals surface area contributed by atoms with Gasteiger partial charge in [-0.3, -0.25) is 4.79 Å². The zero-order chi connectivity index (χ0) is 19.2. The molecular formula is C22H29N2O3+. The highest BCUT2D eigenvalue weighted by molar-refractivity contribution is 5.94. The molecule has 1 fully saturated rings. The van der Waals surface area contributed by atoms with Crippen molar-refractivity contribution in [2.45, 2.75) is 20.4 Å². The summed E-state index contributed by atoms with van der Waals surface area (Å²) in [5.41, 5.74) is 3.24. The molecule has 5 heteroatoms. The summed E-state index contributed by atoms with van der Waals surface area (Å²) in [5, 5.41) is 0. The molecule has 2 aromatic rings. The van der Waals surface area contributed by atoms with Gasteiger partial charge in [0.1, 0.15) is 6.54 Å². The number of nitrogens with zero attached hydrogens (tertiary/aromatic N) is 1. The van der Waals surface area contributed by atoms with Crippen LogP contribution in [-0.2, 0) is 6.54 Å². The second-order valence-electron chi connectivity index (χ2n) is 6.94. The Morgan fingerprint density at radius 3 is 2.37 bits per heavy atom. The van der Waals surface area contributed by atoms with Crippen molar-refractivity contribution in [3.8, 4) is 11.5 Å². The van der Waals surface area contributed by atoms with E-state index in [9.17, 15) is 4.79 Å². The van der Waals surface area contributed by atoms with Crippen LogP contribution in [0.2, 0.25) is 0 Å². The molecule has 0 aliphatic carbocycles. The highest BCUT2D eigenvalue weighted by Crippen LogP contribution is 2.27. The number of carbonyl (C=O) groups excluding carboxylic acids is 1. The van der Waals surface area contributed by atoms with Crippen molar-refractivity contribution in [1.82, 2.24) is 0 Å². The fraction of sp³-hybridized carbons (Fsp3) is 0.409. The molecular weight excluding hydrogens is 340 g/mol. The fourth-order valence-corrected chi connectivity index (χ4v) is 3.55. The summed E-state index contributed by atoms with van der Waals surface area (Å²) in [5.74, 6) is 1.72. The van der Waals surface area contributed by atoms with Gasteiger partial charge < -0.3 is 19.3 Å². The van der Waals surface area contributed by atoms with Crippen molar-refractivity contribution in [3.63, 3.8) is 0 Å². The normalized spacial score (nSPS) is 14.9. The van der Waals surface area contributed by atoms with E-state index in [4.69, 9.17) is 9.47 Å². The van der Waals surface area contributed by atoms with Gasteiger partial charge in [-0.15, -0.1) is 0 Å². The Morgan fingerprint density at radius 2 is 1.78 bits per heavy atom. The number of hydrogen-bond donors (Lipinski definition) is 1. The zero-order valence-electron chi connectivity index (χ0n) is 16.5. The van der Waals surface area contributed by atoms with Gasteiger partial charge in [-0.25, -0.2) is 0 Å². The first-order valence-corrected chi connectivity index (χ1v) is 9.60. The lowest BCUT2D eigenvalue weighted by molar-refractivity contribution is -0.914. The van der Waals surface area contributed by atoms with Crippen molar-refractivity contribution in [3.05, 3.63) is 53.6 Å². The van der Waals surface area contributed by atoms with Gasteiger partial charge in [0.2, 0.25) is 0 Å². The average molecular weight is 369 g/mol. The predicted molar refractivity (Wildman–Crippen MR) is 107 cm³/mol. The minimum absolute atomic E-state index is 0.113. The Labute approximate surface area is 161 Å². The lowest BCUT2D eigenvalue weighted by Gasteiger charge is -2.33.